The lowest BCUT2D eigenvalue weighted by molar-refractivity contribution is -0.143. The van der Waals surface area contributed by atoms with Gasteiger partial charge in [-0.25, -0.2) is 4.79 Å². The molecule has 0 fully saturated rings. The summed E-state index contributed by atoms with van der Waals surface area (Å²) in [5, 5.41) is 5.79. The van der Waals surface area contributed by atoms with Gasteiger partial charge in [-0.05, 0) is 64.2 Å². The molecule has 0 aliphatic heterocycles. The van der Waals surface area contributed by atoms with Gasteiger partial charge in [0.05, 0.1) is 0 Å². The zero-order valence-electron chi connectivity index (χ0n) is 23.5. The number of hydrogen-bond acceptors (Lipinski definition) is 4. The van der Waals surface area contributed by atoms with Crippen molar-refractivity contribution in [2.75, 3.05) is 6.54 Å². The minimum atomic E-state index is -0.844. The van der Waals surface area contributed by atoms with Crippen molar-refractivity contribution in [3.05, 3.63) is 42.0 Å². The van der Waals surface area contributed by atoms with E-state index in [0.29, 0.717) is 18.5 Å². The summed E-state index contributed by atoms with van der Waals surface area (Å²) >= 11 is 0. The largest absolute Gasteiger partial charge is 0.444 e. The third kappa shape index (κ3) is 10.0. The molecule has 0 bridgehead atoms. The highest BCUT2D eigenvalue weighted by Gasteiger charge is 2.38. The standard InChI is InChI=1S/C29H47N3O4/c1-10-13-14-18-32(27(34)24(21(6)11-2)31-28(35)36-29(7,8)9)25(26(33)30-20(4)5)23-17-15-16-22(12-3)19-23/h12,15-17,19-21,24-25H,3,10-11,13-14,18H2,1-2,4-9H3,(H,30,33)(H,31,35). The molecule has 7 nitrogen and oxygen atoms in total. The summed E-state index contributed by atoms with van der Waals surface area (Å²) in [5.41, 5.74) is 0.871. The molecule has 1 aromatic carbocycles. The Bertz CT molecular complexity index is 876. The molecular weight excluding hydrogens is 454 g/mol. The molecule has 0 radical (unpaired) electrons. The van der Waals surface area contributed by atoms with Crippen molar-refractivity contribution in [2.24, 2.45) is 5.92 Å². The molecule has 36 heavy (non-hydrogen) atoms. The van der Waals surface area contributed by atoms with Crippen molar-refractivity contribution in [3.63, 3.8) is 0 Å². The summed E-state index contributed by atoms with van der Waals surface area (Å²) in [5.74, 6) is -0.706. The van der Waals surface area contributed by atoms with Crippen LogP contribution in [-0.4, -0.2) is 47.0 Å². The summed E-state index contributed by atoms with van der Waals surface area (Å²) in [4.78, 5) is 42.0. The zero-order chi connectivity index (χ0) is 27.5. The molecule has 0 saturated heterocycles. The van der Waals surface area contributed by atoms with Crippen LogP contribution >= 0.6 is 0 Å². The van der Waals surface area contributed by atoms with Gasteiger partial charge in [-0.3, -0.25) is 9.59 Å². The lowest BCUT2D eigenvalue weighted by Gasteiger charge is -2.36. The molecule has 0 aromatic heterocycles. The Hall–Kier alpha value is -2.83. The van der Waals surface area contributed by atoms with E-state index in [2.05, 4.69) is 24.1 Å². The molecule has 0 saturated carbocycles. The summed E-state index contributed by atoms with van der Waals surface area (Å²) in [6, 6.07) is 5.74. The average Bonchev–Trinajstić information content (AvgIpc) is 2.79. The highest BCUT2D eigenvalue weighted by Crippen LogP contribution is 2.26. The summed E-state index contributed by atoms with van der Waals surface area (Å²) in [7, 11) is 0. The molecule has 1 aromatic rings. The number of amides is 3. The maximum Gasteiger partial charge on any atom is 0.408 e. The van der Waals surface area contributed by atoms with Gasteiger partial charge in [-0.2, -0.15) is 0 Å². The fourth-order valence-corrected chi connectivity index (χ4v) is 3.89. The molecule has 0 heterocycles. The van der Waals surface area contributed by atoms with Crippen LogP contribution < -0.4 is 10.6 Å². The molecule has 2 N–H and O–H groups in total. The maximum absolute atomic E-state index is 14.2. The van der Waals surface area contributed by atoms with Crippen LogP contribution in [0.3, 0.4) is 0 Å². The molecule has 0 spiro atoms. The lowest BCUT2D eigenvalue weighted by atomic mass is 9.95. The Morgan fingerprint density at radius 1 is 1.08 bits per heavy atom. The van der Waals surface area contributed by atoms with E-state index in [0.717, 1.165) is 24.8 Å². The van der Waals surface area contributed by atoms with Crippen molar-refractivity contribution in [3.8, 4) is 0 Å². The first-order valence-electron chi connectivity index (χ1n) is 13.2. The van der Waals surface area contributed by atoms with Crippen LogP contribution in [-0.2, 0) is 14.3 Å². The van der Waals surface area contributed by atoms with Gasteiger partial charge in [-0.1, -0.05) is 70.9 Å². The lowest BCUT2D eigenvalue weighted by Crippen LogP contribution is -2.55. The molecule has 3 atom stereocenters. The minimum absolute atomic E-state index is 0.0968. The third-order valence-electron chi connectivity index (χ3n) is 5.89. The van der Waals surface area contributed by atoms with Crippen LogP contribution in [0.15, 0.2) is 30.8 Å². The number of carbonyl (C=O) groups is 3. The van der Waals surface area contributed by atoms with Crippen molar-refractivity contribution in [1.82, 2.24) is 15.5 Å². The quantitative estimate of drug-likeness (QED) is 0.332. The van der Waals surface area contributed by atoms with Gasteiger partial charge >= 0.3 is 6.09 Å². The predicted molar refractivity (Wildman–Crippen MR) is 146 cm³/mol. The summed E-state index contributed by atoms with van der Waals surface area (Å²) in [6.45, 7) is 19.4. The van der Waals surface area contributed by atoms with Gasteiger partial charge in [0.2, 0.25) is 11.8 Å². The second-order valence-electron chi connectivity index (χ2n) is 10.7. The number of carbonyl (C=O) groups excluding carboxylic acids is 3. The number of nitrogens with zero attached hydrogens (tertiary/aromatic N) is 1. The summed E-state index contributed by atoms with van der Waals surface area (Å²) in [6.07, 6.45) is 4.38. The second-order valence-corrected chi connectivity index (χ2v) is 10.7. The van der Waals surface area contributed by atoms with Crippen LogP contribution in [0.4, 0.5) is 4.79 Å². The Labute approximate surface area is 218 Å². The number of ether oxygens (including phenoxy) is 1. The minimum Gasteiger partial charge on any atom is -0.444 e. The number of alkyl carbamates (subject to hydrolysis) is 1. The average molecular weight is 502 g/mol. The van der Waals surface area contributed by atoms with Gasteiger partial charge in [0, 0.05) is 12.6 Å². The Morgan fingerprint density at radius 2 is 1.75 bits per heavy atom. The molecule has 0 aliphatic carbocycles. The maximum atomic E-state index is 14.2. The Kier molecular flexibility index (Phi) is 12.7. The van der Waals surface area contributed by atoms with Crippen molar-refractivity contribution in [1.29, 1.82) is 0 Å². The number of nitrogens with one attached hydrogen (secondary N) is 2. The highest BCUT2D eigenvalue weighted by atomic mass is 16.6. The second kappa shape index (κ2) is 14.7. The first-order valence-corrected chi connectivity index (χ1v) is 13.2. The first kappa shape index (κ1) is 31.2. The monoisotopic (exact) mass is 501 g/mol. The normalized spacial score (nSPS) is 13.9. The van der Waals surface area contributed by atoms with Gasteiger partial charge in [0.15, 0.2) is 0 Å². The molecule has 3 amide bonds. The van der Waals surface area contributed by atoms with E-state index in [1.807, 2.05) is 52.0 Å². The third-order valence-corrected chi connectivity index (χ3v) is 5.89. The number of unbranched alkanes of at least 4 members (excludes halogenated alkanes) is 2. The van der Waals surface area contributed by atoms with Crippen LogP contribution in [0.25, 0.3) is 6.08 Å². The number of hydrogen-bond donors (Lipinski definition) is 2. The fourth-order valence-electron chi connectivity index (χ4n) is 3.89. The molecular formula is C29H47N3O4. The van der Waals surface area contributed by atoms with E-state index in [4.69, 9.17) is 4.74 Å². The van der Waals surface area contributed by atoms with E-state index < -0.39 is 23.8 Å². The Balaban J connectivity index is 3.55. The van der Waals surface area contributed by atoms with E-state index in [9.17, 15) is 14.4 Å². The Morgan fingerprint density at radius 3 is 2.28 bits per heavy atom. The highest BCUT2D eigenvalue weighted by molar-refractivity contribution is 5.92. The smallest absolute Gasteiger partial charge is 0.408 e. The van der Waals surface area contributed by atoms with Crippen molar-refractivity contribution < 1.29 is 19.1 Å². The zero-order valence-corrected chi connectivity index (χ0v) is 23.5. The van der Waals surface area contributed by atoms with E-state index >= 15 is 0 Å². The van der Waals surface area contributed by atoms with E-state index in [1.165, 1.54) is 0 Å². The molecule has 202 valence electrons. The molecule has 3 unspecified atom stereocenters. The van der Waals surface area contributed by atoms with Crippen molar-refractivity contribution >= 4 is 24.0 Å². The number of benzene rings is 1. The fraction of sp³-hybridized carbons (Fsp3) is 0.621. The van der Waals surface area contributed by atoms with E-state index in [-0.39, 0.29) is 23.8 Å². The summed E-state index contributed by atoms with van der Waals surface area (Å²) < 4.78 is 5.46. The molecule has 1 rings (SSSR count). The predicted octanol–water partition coefficient (Wildman–Crippen LogP) is 5.85. The van der Waals surface area contributed by atoms with Crippen LogP contribution in [0, 0.1) is 5.92 Å². The SMILES string of the molecule is C=Cc1cccc(C(C(=O)NC(C)C)N(CCCCC)C(=O)C(NC(=O)OC(C)(C)C)C(C)CC)c1. The van der Waals surface area contributed by atoms with Crippen LogP contribution in [0.2, 0.25) is 0 Å². The van der Waals surface area contributed by atoms with Gasteiger partial charge in [0.25, 0.3) is 0 Å². The van der Waals surface area contributed by atoms with Crippen molar-refractivity contribution in [2.45, 2.75) is 105 Å². The van der Waals surface area contributed by atoms with Crippen LogP contribution in [0.5, 0.6) is 0 Å². The van der Waals surface area contributed by atoms with Crippen LogP contribution in [0.1, 0.15) is 98.2 Å². The number of rotatable bonds is 13. The van der Waals surface area contributed by atoms with Gasteiger partial charge in [-0.15, -0.1) is 0 Å². The molecule has 7 heteroatoms. The van der Waals surface area contributed by atoms with Gasteiger partial charge < -0.3 is 20.3 Å². The van der Waals surface area contributed by atoms with E-state index in [1.54, 1.807) is 31.7 Å². The topological polar surface area (TPSA) is 87.7 Å². The molecule has 0 aliphatic rings. The first-order chi connectivity index (χ1) is 16.8. The van der Waals surface area contributed by atoms with Gasteiger partial charge in [0.1, 0.15) is 17.7 Å².